The summed E-state index contributed by atoms with van der Waals surface area (Å²) in [7, 11) is 1.93. The van der Waals surface area contributed by atoms with Gasteiger partial charge in [-0.05, 0) is 46.0 Å². The molecule has 1 aromatic carbocycles. The van der Waals surface area contributed by atoms with Gasteiger partial charge in [-0.1, -0.05) is 24.3 Å². The summed E-state index contributed by atoms with van der Waals surface area (Å²) in [5.41, 5.74) is 7.59. The molecular formula is C23H22N6S. The molecule has 0 saturated heterocycles. The van der Waals surface area contributed by atoms with Crippen molar-refractivity contribution in [2.75, 3.05) is 5.32 Å². The number of hydrogen-bond acceptors (Lipinski definition) is 5. The van der Waals surface area contributed by atoms with Crippen molar-refractivity contribution >= 4 is 28.2 Å². The highest BCUT2D eigenvalue weighted by Crippen LogP contribution is 2.22. The van der Waals surface area contributed by atoms with Crippen LogP contribution in [0.4, 0.5) is 5.69 Å². The van der Waals surface area contributed by atoms with Crippen LogP contribution < -0.4 is 5.32 Å². The number of aryl methyl sites for hydroxylation is 3. The number of anilines is 1. The Labute approximate surface area is 178 Å². The Balaban J connectivity index is 1.28. The Morgan fingerprint density at radius 2 is 1.93 bits per heavy atom. The lowest BCUT2D eigenvalue weighted by molar-refractivity contribution is 0.768. The zero-order valence-corrected chi connectivity index (χ0v) is 17.5. The minimum absolute atomic E-state index is 0.732. The van der Waals surface area contributed by atoms with E-state index in [1.54, 1.807) is 17.5 Å². The summed E-state index contributed by atoms with van der Waals surface area (Å²) >= 11 is 1.73. The Morgan fingerprint density at radius 3 is 2.70 bits per heavy atom. The number of aromatic amines is 1. The molecule has 4 heterocycles. The fourth-order valence-corrected chi connectivity index (χ4v) is 4.21. The van der Waals surface area contributed by atoms with Gasteiger partial charge in [-0.25, -0.2) is 9.97 Å². The summed E-state index contributed by atoms with van der Waals surface area (Å²) in [5, 5.41) is 12.1. The number of benzene rings is 1. The molecule has 0 aliphatic carbocycles. The average molecular weight is 415 g/mol. The Bertz CT molecular complexity index is 1250. The van der Waals surface area contributed by atoms with E-state index in [2.05, 4.69) is 66.5 Å². The van der Waals surface area contributed by atoms with E-state index in [1.807, 2.05) is 30.2 Å². The van der Waals surface area contributed by atoms with E-state index in [-0.39, 0.29) is 0 Å². The SMILES string of the molecule is Cn1cc(-c2ccc(CNc3ccnc4nc(CCc5ccsc5)[nH]c34)cc2)cn1. The van der Waals surface area contributed by atoms with Crippen molar-refractivity contribution in [1.29, 1.82) is 0 Å². The monoisotopic (exact) mass is 414 g/mol. The van der Waals surface area contributed by atoms with Crippen LogP contribution in [0.5, 0.6) is 0 Å². The van der Waals surface area contributed by atoms with Crippen molar-refractivity contribution < 1.29 is 0 Å². The highest BCUT2D eigenvalue weighted by Gasteiger charge is 2.09. The maximum absolute atomic E-state index is 4.66. The number of nitrogens with one attached hydrogen (secondary N) is 2. The molecular weight excluding hydrogens is 392 g/mol. The molecule has 0 fully saturated rings. The minimum Gasteiger partial charge on any atom is -0.379 e. The second-order valence-electron chi connectivity index (χ2n) is 7.33. The van der Waals surface area contributed by atoms with Gasteiger partial charge in [0.15, 0.2) is 5.65 Å². The standard InChI is InChI=1S/C23H22N6S/c1-29-14-19(13-26-29)18-5-2-16(3-6-18)12-25-20-8-10-24-23-22(20)27-21(28-23)7-4-17-9-11-30-15-17/h2-3,5-6,8-11,13-15H,4,7,12H2,1H3,(H2,24,25,27,28). The normalized spacial score (nSPS) is 11.2. The van der Waals surface area contributed by atoms with Gasteiger partial charge in [0.05, 0.1) is 11.9 Å². The first-order valence-corrected chi connectivity index (χ1v) is 10.9. The van der Waals surface area contributed by atoms with E-state index in [4.69, 9.17) is 0 Å². The largest absolute Gasteiger partial charge is 0.379 e. The Morgan fingerprint density at radius 1 is 1.03 bits per heavy atom. The summed E-state index contributed by atoms with van der Waals surface area (Å²) in [6.07, 6.45) is 7.57. The highest BCUT2D eigenvalue weighted by atomic mass is 32.1. The van der Waals surface area contributed by atoms with E-state index < -0.39 is 0 Å². The lowest BCUT2D eigenvalue weighted by atomic mass is 10.1. The van der Waals surface area contributed by atoms with Gasteiger partial charge in [-0.3, -0.25) is 4.68 Å². The fourth-order valence-electron chi connectivity index (χ4n) is 3.50. The van der Waals surface area contributed by atoms with Gasteiger partial charge in [-0.2, -0.15) is 16.4 Å². The number of rotatable bonds is 7. The first-order chi connectivity index (χ1) is 14.7. The van der Waals surface area contributed by atoms with Gasteiger partial charge < -0.3 is 10.3 Å². The number of aromatic nitrogens is 5. The molecule has 6 nitrogen and oxygen atoms in total. The molecule has 4 aromatic heterocycles. The number of fused-ring (bicyclic) bond motifs is 1. The number of hydrogen-bond donors (Lipinski definition) is 2. The smallest absolute Gasteiger partial charge is 0.179 e. The number of H-pyrrole nitrogens is 1. The van der Waals surface area contributed by atoms with Crippen molar-refractivity contribution in [1.82, 2.24) is 24.7 Å². The molecule has 0 spiro atoms. The molecule has 0 aliphatic rings. The molecule has 150 valence electrons. The predicted octanol–water partition coefficient (Wildman–Crippen LogP) is 4.82. The topological polar surface area (TPSA) is 71.4 Å². The molecule has 7 heteroatoms. The summed E-state index contributed by atoms with van der Waals surface area (Å²) in [6.45, 7) is 0.732. The van der Waals surface area contributed by atoms with Crippen LogP contribution in [0.2, 0.25) is 0 Å². The maximum Gasteiger partial charge on any atom is 0.179 e. The van der Waals surface area contributed by atoms with Crippen molar-refractivity contribution in [3.8, 4) is 11.1 Å². The highest BCUT2D eigenvalue weighted by molar-refractivity contribution is 7.07. The Hall–Kier alpha value is -3.45. The first-order valence-electron chi connectivity index (χ1n) is 9.91. The molecule has 5 rings (SSSR count). The third-order valence-electron chi connectivity index (χ3n) is 5.15. The average Bonchev–Trinajstić information content (AvgIpc) is 3.51. The molecule has 0 amide bonds. The molecule has 2 N–H and O–H groups in total. The van der Waals surface area contributed by atoms with E-state index in [1.165, 1.54) is 16.7 Å². The zero-order chi connectivity index (χ0) is 20.3. The quantitative estimate of drug-likeness (QED) is 0.401. The summed E-state index contributed by atoms with van der Waals surface area (Å²) in [6, 6.07) is 12.7. The van der Waals surface area contributed by atoms with Crippen LogP contribution in [-0.4, -0.2) is 24.7 Å². The van der Waals surface area contributed by atoms with Gasteiger partial charge in [-0.15, -0.1) is 0 Å². The lowest BCUT2D eigenvalue weighted by Crippen LogP contribution is -2.00. The van der Waals surface area contributed by atoms with Crippen LogP contribution in [0.1, 0.15) is 17.0 Å². The second kappa shape index (κ2) is 8.12. The molecule has 5 aromatic rings. The van der Waals surface area contributed by atoms with Gasteiger partial charge in [0.1, 0.15) is 11.3 Å². The fraction of sp³-hybridized carbons (Fsp3) is 0.174. The van der Waals surface area contributed by atoms with Crippen LogP contribution in [0.3, 0.4) is 0 Å². The van der Waals surface area contributed by atoms with E-state index >= 15 is 0 Å². The molecule has 0 unspecified atom stereocenters. The molecule has 30 heavy (non-hydrogen) atoms. The van der Waals surface area contributed by atoms with Crippen molar-refractivity contribution in [3.05, 3.63) is 82.7 Å². The van der Waals surface area contributed by atoms with Crippen LogP contribution in [0.15, 0.2) is 65.7 Å². The molecule has 0 saturated carbocycles. The van der Waals surface area contributed by atoms with Gasteiger partial charge in [0.2, 0.25) is 0 Å². The number of thiophene rings is 1. The number of imidazole rings is 1. The number of pyridine rings is 1. The molecule has 0 bridgehead atoms. The predicted molar refractivity (Wildman–Crippen MR) is 122 cm³/mol. The first kappa shape index (κ1) is 18.6. The van der Waals surface area contributed by atoms with Crippen LogP contribution in [0.25, 0.3) is 22.3 Å². The third kappa shape index (κ3) is 3.97. The van der Waals surface area contributed by atoms with Crippen molar-refractivity contribution in [3.63, 3.8) is 0 Å². The maximum atomic E-state index is 4.66. The van der Waals surface area contributed by atoms with E-state index in [0.29, 0.717) is 0 Å². The van der Waals surface area contributed by atoms with E-state index in [9.17, 15) is 0 Å². The second-order valence-corrected chi connectivity index (χ2v) is 8.11. The minimum atomic E-state index is 0.732. The summed E-state index contributed by atoms with van der Waals surface area (Å²) in [5.74, 6) is 0.971. The third-order valence-corrected chi connectivity index (χ3v) is 5.88. The Kier molecular flexibility index (Phi) is 5.03. The molecule has 0 atom stereocenters. The van der Waals surface area contributed by atoms with Gasteiger partial charge >= 0.3 is 0 Å². The van der Waals surface area contributed by atoms with Crippen LogP contribution in [0, 0.1) is 0 Å². The van der Waals surface area contributed by atoms with E-state index in [0.717, 1.165) is 47.6 Å². The van der Waals surface area contributed by atoms with Crippen molar-refractivity contribution in [2.24, 2.45) is 7.05 Å². The van der Waals surface area contributed by atoms with Crippen molar-refractivity contribution in [2.45, 2.75) is 19.4 Å². The summed E-state index contributed by atoms with van der Waals surface area (Å²) < 4.78 is 1.82. The lowest BCUT2D eigenvalue weighted by Gasteiger charge is -2.08. The zero-order valence-electron chi connectivity index (χ0n) is 16.7. The van der Waals surface area contributed by atoms with Crippen LogP contribution >= 0.6 is 11.3 Å². The van der Waals surface area contributed by atoms with Crippen LogP contribution in [-0.2, 0) is 26.4 Å². The molecule has 0 radical (unpaired) electrons. The van der Waals surface area contributed by atoms with Gasteiger partial charge in [0.25, 0.3) is 0 Å². The molecule has 0 aliphatic heterocycles. The summed E-state index contributed by atoms with van der Waals surface area (Å²) in [4.78, 5) is 12.5. The van der Waals surface area contributed by atoms with Gasteiger partial charge in [0, 0.05) is 38.0 Å². The number of nitrogens with zero attached hydrogens (tertiary/aromatic N) is 4.